The van der Waals surface area contributed by atoms with Crippen molar-refractivity contribution < 1.29 is 18.7 Å². The normalized spacial score (nSPS) is 16.2. The van der Waals surface area contributed by atoms with Crippen LogP contribution >= 0.6 is 0 Å². The molecular formula is C20H19FN2O3. The molecule has 2 heterocycles. The number of rotatable bonds is 2. The predicted octanol–water partition coefficient (Wildman–Crippen LogP) is 2.36. The van der Waals surface area contributed by atoms with Gasteiger partial charge in [0, 0.05) is 38.2 Å². The molecule has 2 aromatic carbocycles. The molecule has 0 bridgehead atoms. The molecule has 2 amide bonds. The van der Waals surface area contributed by atoms with Crippen molar-refractivity contribution >= 4 is 11.8 Å². The maximum absolute atomic E-state index is 13.8. The Bertz CT molecular complexity index is 860. The summed E-state index contributed by atoms with van der Waals surface area (Å²) in [5.74, 6) is -0.0409. The van der Waals surface area contributed by atoms with Crippen LogP contribution in [0.4, 0.5) is 4.39 Å². The summed E-state index contributed by atoms with van der Waals surface area (Å²) >= 11 is 0. The Morgan fingerprint density at radius 2 is 1.62 bits per heavy atom. The zero-order valence-corrected chi connectivity index (χ0v) is 14.3. The molecule has 0 saturated carbocycles. The van der Waals surface area contributed by atoms with Gasteiger partial charge >= 0.3 is 0 Å². The number of ether oxygens (including phenoxy) is 1. The Balaban J connectivity index is 1.41. The van der Waals surface area contributed by atoms with Crippen LogP contribution in [0.5, 0.6) is 5.75 Å². The van der Waals surface area contributed by atoms with E-state index >= 15 is 0 Å². The van der Waals surface area contributed by atoms with Crippen molar-refractivity contribution in [1.29, 1.82) is 0 Å². The molecule has 0 unspecified atom stereocenters. The second kappa shape index (κ2) is 6.78. The van der Waals surface area contributed by atoms with E-state index in [1.54, 1.807) is 28.0 Å². The lowest BCUT2D eigenvalue weighted by atomic mass is 10.1. The first kappa shape index (κ1) is 16.6. The summed E-state index contributed by atoms with van der Waals surface area (Å²) in [6, 6.07) is 11.5. The number of hydrogen-bond donors (Lipinski definition) is 0. The van der Waals surface area contributed by atoms with Crippen LogP contribution in [0, 0.1) is 5.82 Å². The summed E-state index contributed by atoms with van der Waals surface area (Å²) in [5, 5.41) is 0. The van der Waals surface area contributed by atoms with E-state index in [-0.39, 0.29) is 17.4 Å². The molecule has 0 N–H and O–H groups in total. The van der Waals surface area contributed by atoms with Gasteiger partial charge in [-0.05, 0) is 35.9 Å². The fourth-order valence-electron chi connectivity index (χ4n) is 3.42. The van der Waals surface area contributed by atoms with Gasteiger partial charge in [0.15, 0.2) is 0 Å². The highest BCUT2D eigenvalue weighted by Gasteiger charge is 2.27. The van der Waals surface area contributed by atoms with E-state index in [1.807, 2.05) is 12.1 Å². The Morgan fingerprint density at radius 3 is 2.35 bits per heavy atom. The van der Waals surface area contributed by atoms with Gasteiger partial charge in [0.25, 0.3) is 11.8 Å². The Kier molecular flexibility index (Phi) is 4.32. The molecule has 26 heavy (non-hydrogen) atoms. The van der Waals surface area contributed by atoms with Gasteiger partial charge in [-0.1, -0.05) is 12.1 Å². The van der Waals surface area contributed by atoms with E-state index < -0.39 is 5.82 Å². The number of piperazine rings is 1. The fourth-order valence-corrected chi connectivity index (χ4v) is 3.42. The highest BCUT2D eigenvalue weighted by Crippen LogP contribution is 2.26. The van der Waals surface area contributed by atoms with Gasteiger partial charge < -0.3 is 14.5 Å². The number of hydrogen-bond acceptors (Lipinski definition) is 3. The standard InChI is InChI=1S/C20H19FN2O3/c21-17-4-2-1-3-16(17)20(25)23-10-8-22(9-11-23)19(24)15-5-6-18-14(13-15)7-12-26-18/h1-6,13H,7-12H2. The number of nitrogens with zero attached hydrogens (tertiary/aromatic N) is 2. The maximum atomic E-state index is 13.8. The van der Waals surface area contributed by atoms with E-state index in [0.29, 0.717) is 38.3 Å². The zero-order valence-electron chi connectivity index (χ0n) is 14.3. The third-order valence-corrected chi connectivity index (χ3v) is 4.89. The minimum atomic E-state index is -0.517. The zero-order chi connectivity index (χ0) is 18.1. The monoisotopic (exact) mass is 354 g/mol. The van der Waals surface area contributed by atoms with Gasteiger partial charge in [0.2, 0.25) is 0 Å². The van der Waals surface area contributed by atoms with Crippen LogP contribution < -0.4 is 4.74 Å². The van der Waals surface area contributed by atoms with Gasteiger partial charge in [0.1, 0.15) is 11.6 Å². The molecule has 1 saturated heterocycles. The average molecular weight is 354 g/mol. The number of benzene rings is 2. The molecule has 6 heteroatoms. The molecule has 0 aliphatic carbocycles. The lowest BCUT2D eigenvalue weighted by Crippen LogP contribution is -2.50. The highest BCUT2D eigenvalue weighted by molar-refractivity contribution is 5.96. The average Bonchev–Trinajstić information content (AvgIpc) is 3.15. The third kappa shape index (κ3) is 3.03. The number of carbonyl (C=O) groups excluding carboxylic acids is 2. The largest absolute Gasteiger partial charge is 0.493 e. The minimum absolute atomic E-state index is 0.0438. The number of halogens is 1. The quantitative estimate of drug-likeness (QED) is 0.832. The van der Waals surface area contributed by atoms with E-state index in [9.17, 15) is 14.0 Å². The SMILES string of the molecule is O=C(c1ccc2c(c1)CCO2)N1CCN(C(=O)c2ccccc2F)CC1. The molecule has 2 aromatic rings. The van der Waals surface area contributed by atoms with E-state index in [0.717, 1.165) is 17.7 Å². The minimum Gasteiger partial charge on any atom is -0.493 e. The molecular weight excluding hydrogens is 335 g/mol. The summed E-state index contributed by atoms with van der Waals surface area (Å²) in [6.07, 6.45) is 0.821. The predicted molar refractivity (Wildman–Crippen MR) is 93.8 cm³/mol. The summed E-state index contributed by atoms with van der Waals surface area (Å²) < 4.78 is 19.3. The van der Waals surface area contributed by atoms with Gasteiger partial charge in [0.05, 0.1) is 12.2 Å². The second-order valence-electron chi connectivity index (χ2n) is 6.49. The first-order valence-electron chi connectivity index (χ1n) is 8.72. The first-order chi connectivity index (χ1) is 12.6. The van der Waals surface area contributed by atoms with Crippen molar-refractivity contribution in [3.05, 3.63) is 65.0 Å². The van der Waals surface area contributed by atoms with Crippen LogP contribution in [-0.4, -0.2) is 54.4 Å². The van der Waals surface area contributed by atoms with Crippen molar-refractivity contribution in [2.45, 2.75) is 6.42 Å². The van der Waals surface area contributed by atoms with Gasteiger partial charge in [-0.3, -0.25) is 9.59 Å². The van der Waals surface area contributed by atoms with Crippen LogP contribution in [-0.2, 0) is 6.42 Å². The third-order valence-electron chi connectivity index (χ3n) is 4.89. The van der Waals surface area contributed by atoms with E-state index in [4.69, 9.17) is 4.74 Å². The molecule has 4 rings (SSSR count). The summed E-state index contributed by atoms with van der Waals surface area (Å²) in [5.41, 5.74) is 1.78. The molecule has 1 fully saturated rings. The van der Waals surface area contributed by atoms with Crippen LogP contribution in [0.15, 0.2) is 42.5 Å². The molecule has 134 valence electrons. The van der Waals surface area contributed by atoms with Gasteiger partial charge in [-0.2, -0.15) is 0 Å². The van der Waals surface area contributed by atoms with Gasteiger partial charge in [-0.25, -0.2) is 4.39 Å². The summed E-state index contributed by atoms with van der Waals surface area (Å²) in [4.78, 5) is 28.5. The van der Waals surface area contributed by atoms with Crippen LogP contribution in [0.3, 0.4) is 0 Å². The Hall–Kier alpha value is -2.89. The molecule has 0 spiro atoms. The van der Waals surface area contributed by atoms with E-state index in [2.05, 4.69) is 0 Å². The Morgan fingerprint density at radius 1 is 0.923 bits per heavy atom. The molecule has 5 nitrogen and oxygen atoms in total. The lowest BCUT2D eigenvalue weighted by molar-refractivity contribution is 0.0532. The molecule has 2 aliphatic rings. The molecule has 2 aliphatic heterocycles. The Labute approximate surface area is 151 Å². The second-order valence-corrected chi connectivity index (χ2v) is 6.49. The summed E-state index contributed by atoms with van der Waals surface area (Å²) in [6.45, 7) is 2.32. The van der Waals surface area contributed by atoms with Crippen molar-refractivity contribution in [3.8, 4) is 5.75 Å². The maximum Gasteiger partial charge on any atom is 0.256 e. The molecule has 0 atom stereocenters. The molecule has 0 aromatic heterocycles. The number of carbonyl (C=O) groups is 2. The summed E-state index contributed by atoms with van der Waals surface area (Å²) in [7, 11) is 0. The lowest BCUT2D eigenvalue weighted by Gasteiger charge is -2.35. The number of amides is 2. The fraction of sp³-hybridized carbons (Fsp3) is 0.300. The first-order valence-corrected chi connectivity index (χ1v) is 8.72. The smallest absolute Gasteiger partial charge is 0.256 e. The van der Waals surface area contributed by atoms with Crippen molar-refractivity contribution in [1.82, 2.24) is 9.80 Å². The van der Waals surface area contributed by atoms with Crippen molar-refractivity contribution in [2.24, 2.45) is 0 Å². The number of fused-ring (bicyclic) bond motifs is 1. The van der Waals surface area contributed by atoms with Crippen LogP contribution in [0.25, 0.3) is 0 Å². The van der Waals surface area contributed by atoms with Crippen LogP contribution in [0.1, 0.15) is 26.3 Å². The van der Waals surface area contributed by atoms with Crippen LogP contribution in [0.2, 0.25) is 0 Å². The van der Waals surface area contributed by atoms with E-state index in [1.165, 1.54) is 12.1 Å². The topological polar surface area (TPSA) is 49.9 Å². The molecule has 0 radical (unpaired) electrons. The van der Waals surface area contributed by atoms with Gasteiger partial charge in [-0.15, -0.1) is 0 Å². The highest BCUT2D eigenvalue weighted by atomic mass is 19.1. The van der Waals surface area contributed by atoms with Crippen molar-refractivity contribution in [3.63, 3.8) is 0 Å². The van der Waals surface area contributed by atoms with Crippen molar-refractivity contribution in [2.75, 3.05) is 32.8 Å².